The molecule has 6 nitrogen and oxygen atoms in total. The van der Waals surface area contributed by atoms with Gasteiger partial charge in [-0.3, -0.25) is 9.89 Å². The van der Waals surface area contributed by atoms with Gasteiger partial charge in [-0.2, -0.15) is 0 Å². The molecule has 0 bridgehead atoms. The van der Waals surface area contributed by atoms with Crippen molar-refractivity contribution in [2.45, 2.75) is 13.3 Å². The number of halogens is 2. The molecule has 0 saturated carbocycles. The lowest BCUT2D eigenvalue weighted by atomic mass is 10.0. The summed E-state index contributed by atoms with van der Waals surface area (Å²) in [6, 6.07) is 3.94. The number of aromatic nitrogens is 3. The van der Waals surface area contributed by atoms with E-state index in [9.17, 15) is 14.0 Å². The average Bonchev–Trinajstić information content (AvgIpc) is 2.89. The lowest BCUT2D eigenvalue weighted by Crippen LogP contribution is -2.22. The monoisotopic (exact) mass is 335 g/mol. The van der Waals surface area contributed by atoms with Crippen LogP contribution in [0.5, 0.6) is 0 Å². The topological polar surface area (TPSA) is 87.5 Å². The molecule has 1 aromatic carbocycles. The molecule has 2 N–H and O–H groups in total. The Morgan fingerprint density at radius 1 is 1.48 bits per heavy atom. The Labute approximate surface area is 134 Å². The third-order valence-corrected chi connectivity index (χ3v) is 3.93. The van der Waals surface area contributed by atoms with Crippen LogP contribution in [0.25, 0.3) is 5.65 Å². The van der Waals surface area contributed by atoms with Crippen LogP contribution in [0.15, 0.2) is 29.2 Å². The van der Waals surface area contributed by atoms with E-state index in [2.05, 4.69) is 10.1 Å². The lowest BCUT2D eigenvalue weighted by Gasteiger charge is -2.07. The highest BCUT2D eigenvalue weighted by atomic mass is 35.5. The van der Waals surface area contributed by atoms with Gasteiger partial charge in [-0.1, -0.05) is 17.7 Å². The Bertz CT molecular complexity index is 994. The first-order valence-electron chi connectivity index (χ1n) is 6.65. The van der Waals surface area contributed by atoms with Crippen LogP contribution in [0.3, 0.4) is 0 Å². The number of nitrogens with one attached hydrogen (secondary N) is 1. The second kappa shape index (κ2) is 5.51. The summed E-state index contributed by atoms with van der Waals surface area (Å²) in [5.41, 5.74) is 0.887. The minimum Gasteiger partial charge on any atom is -0.477 e. The standard InChI is InChI=1S/C15H11ClFN3O3/c1-7-10(4-8-2-3-9(17)5-12(8)16)14(21)20-13(19-7)11(6-18-20)15(22)23/h2-3,5-6,18H,4H2,1H3,(H,22,23). The number of H-pyrrole nitrogens is 1. The molecule has 3 rings (SSSR count). The summed E-state index contributed by atoms with van der Waals surface area (Å²) in [5.74, 6) is -1.64. The maximum absolute atomic E-state index is 13.1. The fourth-order valence-corrected chi connectivity index (χ4v) is 2.61. The van der Waals surface area contributed by atoms with E-state index in [1.807, 2.05) is 0 Å². The zero-order chi connectivity index (χ0) is 16.7. The number of fused-ring (bicyclic) bond motifs is 1. The number of rotatable bonds is 3. The fraction of sp³-hybridized carbons (Fsp3) is 0.133. The van der Waals surface area contributed by atoms with Crippen molar-refractivity contribution in [1.29, 1.82) is 0 Å². The van der Waals surface area contributed by atoms with Gasteiger partial charge in [0.05, 0.1) is 0 Å². The van der Waals surface area contributed by atoms with Crippen molar-refractivity contribution in [3.8, 4) is 0 Å². The summed E-state index contributed by atoms with van der Waals surface area (Å²) in [5, 5.41) is 11.9. The molecule has 23 heavy (non-hydrogen) atoms. The molecule has 0 fully saturated rings. The van der Waals surface area contributed by atoms with E-state index < -0.39 is 17.3 Å². The van der Waals surface area contributed by atoms with Crippen LogP contribution in [0.1, 0.15) is 27.2 Å². The molecule has 8 heteroatoms. The number of aryl methyl sites for hydroxylation is 1. The third-order valence-electron chi connectivity index (χ3n) is 3.58. The highest BCUT2D eigenvalue weighted by molar-refractivity contribution is 6.31. The first-order valence-corrected chi connectivity index (χ1v) is 7.03. The number of hydrogen-bond donors (Lipinski definition) is 2. The molecule has 0 aliphatic rings. The second-order valence-corrected chi connectivity index (χ2v) is 5.45. The number of carboxylic acid groups (broad SMARTS) is 1. The average molecular weight is 336 g/mol. The Balaban J connectivity index is 2.15. The summed E-state index contributed by atoms with van der Waals surface area (Å²) in [7, 11) is 0. The molecule has 3 aromatic rings. The number of carboxylic acids is 1. The third kappa shape index (κ3) is 2.59. The Morgan fingerprint density at radius 2 is 2.22 bits per heavy atom. The van der Waals surface area contributed by atoms with Crippen LogP contribution in [0.2, 0.25) is 5.02 Å². The molecule has 0 unspecified atom stereocenters. The summed E-state index contributed by atoms with van der Waals surface area (Å²) >= 11 is 5.99. The molecule has 0 radical (unpaired) electrons. The normalized spacial score (nSPS) is 11.1. The maximum Gasteiger partial charge on any atom is 0.341 e. The van der Waals surface area contributed by atoms with Gasteiger partial charge in [-0.25, -0.2) is 18.7 Å². The predicted octanol–water partition coefficient (Wildman–Crippen LogP) is 2.41. The Morgan fingerprint density at radius 3 is 2.87 bits per heavy atom. The largest absolute Gasteiger partial charge is 0.477 e. The smallest absolute Gasteiger partial charge is 0.341 e. The van der Waals surface area contributed by atoms with E-state index in [1.165, 1.54) is 24.4 Å². The van der Waals surface area contributed by atoms with Crippen molar-refractivity contribution in [3.63, 3.8) is 0 Å². The number of carbonyl (C=O) groups is 1. The van der Waals surface area contributed by atoms with E-state index in [0.29, 0.717) is 16.8 Å². The van der Waals surface area contributed by atoms with Crippen molar-refractivity contribution in [1.82, 2.24) is 14.6 Å². The van der Waals surface area contributed by atoms with Gasteiger partial charge in [0.2, 0.25) is 0 Å². The van der Waals surface area contributed by atoms with Crippen molar-refractivity contribution in [2.24, 2.45) is 0 Å². The van der Waals surface area contributed by atoms with Gasteiger partial charge in [0.1, 0.15) is 11.4 Å². The molecule has 0 spiro atoms. The molecule has 0 atom stereocenters. The van der Waals surface area contributed by atoms with Gasteiger partial charge >= 0.3 is 5.97 Å². The van der Waals surface area contributed by atoms with Crippen LogP contribution >= 0.6 is 11.6 Å². The molecule has 0 aliphatic heterocycles. The van der Waals surface area contributed by atoms with Crippen LogP contribution in [-0.2, 0) is 6.42 Å². The number of hydrogen-bond acceptors (Lipinski definition) is 3. The van der Waals surface area contributed by atoms with Gasteiger partial charge in [-0.05, 0) is 24.6 Å². The van der Waals surface area contributed by atoms with Gasteiger partial charge in [0, 0.05) is 28.9 Å². The molecule has 2 heterocycles. The SMILES string of the molecule is Cc1nc2c(C(=O)O)c[nH]n2c(=O)c1Cc1ccc(F)cc1Cl. The highest BCUT2D eigenvalue weighted by Gasteiger charge is 2.18. The molecule has 0 amide bonds. The lowest BCUT2D eigenvalue weighted by molar-refractivity contribution is 0.0698. The van der Waals surface area contributed by atoms with E-state index in [1.54, 1.807) is 6.92 Å². The zero-order valence-electron chi connectivity index (χ0n) is 11.9. The van der Waals surface area contributed by atoms with E-state index in [4.69, 9.17) is 16.7 Å². The van der Waals surface area contributed by atoms with Crippen LogP contribution < -0.4 is 5.56 Å². The quantitative estimate of drug-likeness (QED) is 0.769. The van der Waals surface area contributed by atoms with E-state index >= 15 is 0 Å². The molecule has 118 valence electrons. The van der Waals surface area contributed by atoms with Crippen molar-refractivity contribution >= 4 is 23.2 Å². The first-order chi connectivity index (χ1) is 10.9. The molecule has 2 aromatic heterocycles. The Kier molecular flexibility index (Phi) is 3.65. The maximum atomic E-state index is 13.1. The van der Waals surface area contributed by atoms with Crippen LogP contribution in [0, 0.1) is 12.7 Å². The van der Waals surface area contributed by atoms with E-state index in [-0.39, 0.29) is 22.7 Å². The molecule has 0 saturated heterocycles. The fourth-order valence-electron chi connectivity index (χ4n) is 2.37. The molecular formula is C15H11ClFN3O3. The summed E-state index contributed by atoms with van der Waals surface area (Å²) < 4.78 is 14.2. The molecular weight excluding hydrogens is 325 g/mol. The first kappa shape index (κ1) is 15.2. The van der Waals surface area contributed by atoms with Gasteiger partial charge in [0.15, 0.2) is 5.65 Å². The van der Waals surface area contributed by atoms with Crippen molar-refractivity contribution in [2.75, 3.05) is 0 Å². The predicted molar refractivity (Wildman–Crippen MR) is 81.7 cm³/mol. The number of nitrogens with zero attached hydrogens (tertiary/aromatic N) is 2. The van der Waals surface area contributed by atoms with Gasteiger partial charge in [-0.15, -0.1) is 0 Å². The number of aromatic amines is 1. The van der Waals surface area contributed by atoms with Gasteiger partial charge < -0.3 is 5.11 Å². The Hall–Kier alpha value is -2.67. The van der Waals surface area contributed by atoms with Crippen LogP contribution in [0.4, 0.5) is 4.39 Å². The van der Waals surface area contributed by atoms with Crippen molar-refractivity contribution in [3.05, 3.63) is 68.0 Å². The summed E-state index contributed by atoms with van der Waals surface area (Å²) in [6.07, 6.45) is 1.38. The number of aromatic carboxylic acids is 1. The summed E-state index contributed by atoms with van der Waals surface area (Å²) in [6.45, 7) is 1.62. The number of benzene rings is 1. The van der Waals surface area contributed by atoms with Crippen LogP contribution in [-0.4, -0.2) is 25.7 Å². The minimum absolute atomic E-state index is 0.0500. The minimum atomic E-state index is -1.18. The zero-order valence-corrected chi connectivity index (χ0v) is 12.7. The molecule has 0 aliphatic carbocycles. The van der Waals surface area contributed by atoms with E-state index in [0.717, 1.165) is 4.52 Å². The van der Waals surface area contributed by atoms with Gasteiger partial charge in [0.25, 0.3) is 5.56 Å². The van der Waals surface area contributed by atoms with Crippen molar-refractivity contribution < 1.29 is 14.3 Å². The highest BCUT2D eigenvalue weighted by Crippen LogP contribution is 2.21. The second-order valence-electron chi connectivity index (χ2n) is 5.04. The summed E-state index contributed by atoms with van der Waals surface area (Å²) in [4.78, 5) is 27.9.